The number of carbonyl (C=O) groups excluding carboxylic acids is 1. The average molecular weight is 276 g/mol. The third-order valence-electron chi connectivity index (χ3n) is 3.50. The SMILES string of the molecule is Cc1cc(N2CCCC2)ccc1NC(=O)COC(C)C. The summed E-state index contributed by atoms with van der Waals surface area (Å²) in [5.74, 6) is -0.101. The number of ether oxygens (including phenoxy) is 1. The minimum absolute atomic E-state index is 0.0689. The Labute approximate surface area is 121 Å². The molecule has 0 spiro atoms. The molecule has 0 atom stereocenters. The normalized spacial score (nSPS) is 14.9. The van der Waals surface area contributed by atoms with Gasteiger partial charge in [0.1, 0.15) is 6.61 Å². The van der Waals surface area contributed by atoms with Crippen molar-refractivity contribution in [3.63, 3.8) is 0 Å². The second-order valence-corrected chi connectivity index (χ2v) is 5.60. The van der Waals surface area contributed by atoms with Gasteiger partial charge in [-0.3, -0.25) is 4.79 Å². The second kappa shape index (κ2) is 6.75. The van der Waals surface area contributed by atoms with E-state index in [0.29, 0.717) is 0 Å². The van der Waals surface area contributed by atoms with Crippen LogP contribution in [0.25, 0.3) is 0 Å². The van der Waals surface area contributed by atoms with E-state index in [2.05, 4.69) is 22.3 Å². The van der Waals surface area contributed by atoms with Gasteiger partial charge >= 0.3 is 0 Å². The molecule has 1 N–H and O–H groups in total. The van der Waals surface area contributed by atoms with Crippen LogP contribution in [-0.2, 0) is 9.53 Å². The van der Waals surface area contributed by atoms with E-state index in [9.17, 15) is 4.79 Å². The highest BCUT2D eigenvalue weighted by atomic mass is 16.5. The zero-order valence-electron chi connectivity index (χ0n) is 12.6. The van der Waals surface area contributed by atoms with Crippen LogP contribution in [0.4, 0.5) is 11.4 Å². The molecule has 0 unspecified atom stereocenters. The Morgan fingerprint density at radius 3 is 2.65 bits per heavy atom. The first-order valence-electron chi connectivity index (χ1n) is 7.33. The van der Waals surface area contributed by atoms with Crippen molar-refractivity contribution >= 4 is 17.3 Å². The number of aryl methyl sites for hydroxylation is 1. The van der Waals surface area contributed by atoms with Gasteiger partial charge in [-0.25, -0.2) is 0 Å². The number of benzene rings is 1. The average Bonchev–Trinajstić information content (AvgIpc) is 2.92. The van der Waals surface area contributed by atoms with Gasteiger partial charge in [0.15, 0.2) is 0 Å². The van der Waals surface area contributed by atoms with Gasteiger partial charge in [-0.2, -0.15) is 0 Å². The summed E-state index contributed by atoms with van der Waals surface area (Å²) in [5.41, 5.74) is 3.20. The van der Waals surface area contributed by atoms with E-state index >= 15 is 0 Å². The Balaban J connectivity index is 1.97. The topological polar surface area (TPSA) is 41.6 Å². The monoisotopic (exact) mass is 276 g/mol. The smallest absolute Gasteiger partial charge is 0.250 e. The molecule has 1 fully saturated rings. The molecule has 1 aliphatic rings. The fourth-order valence-corrected chi connectivity index (χ4v) is 2.39. The summed E-state index contributed by atoms with van der Waals surface area (Å²) in [4.78, 5) is 14.2. The number of hydrogen-bond donors (Lipinski definition) is 1. The molecule has 4 heteroatoms. The maximum absolute atomic E-state index is 11.8. The van der Waals surface area contributed by atoms with Gasteiger partial charge in [-0.05, 0) is 57.4 Å². The minimum atomic E-state index is -0.101. The molecule has 1 aromatic carbocycles. The van der Waals surface area contributed by atoms with Crippen molar-refractivity contribution in [3.05, 3.63) is 23.8 Å². The first-order chi connectivity index (χ1) is 9.56. The standard InChI is InChI=1S/C16H24N2O2/c1-12(2)20-11-16(19)17-15-7-6-14(10-13(15)3)18-8-4-5-9-18/h6-7,10,12H,4-5,8-9,11H2,1-3H3,(H,17,19). The largest absolute Gasteiger partial charge is 0.372 e. The number of nitrogens with one attached hydrogen (secondary N) is 1. The number of nitrogens with zero attached hydrogens (tertiary/aromatic N) is 1. The quantitative estimate of drug-likeness (QED) is 0.899. The highest BCUT2D eigenvalue weighted by Gasteiger charge is 2.13. The predicted octanol–water partition coefficient (Wildman–Crippen LogP) is 2.96. The van der Waals surface area contributed by atoms with Crippen LogP contribution in [0.2, 0.25) is 0 Å². The second-order valence-electron chi connectivity index (χ2n) is 5.60. The molecule has 0 aromatic heterocycles. The zero-order chi connectivity index (χ0) is 14.5. The molecule has 0 bridgehead atoms. The summed E-state index contributed by atoms with van der Waals surface area (Å²) in [6, 6.07) is 6.21. The van der Waals surface area contributed by atoms with Gasteiger partial charge in [0, 0.05) is 24.5 Å². The molecule has 0 aliphatic carbocycles. The lowest BCUT2D eigenvalue weighted by Gasteiger charge is -2.19. The van der Waals surface area contributed by atoms with Crippen molar-refractivity contribution in [1.82, 2.24) is 0 Å². The van der Waals surface area contributed by atoms with E-state index in [4.69, 9.17) is 4.74 Å². The van der Waals surface area contributed by atoms with Gasteiger partial charge in [0.25, 0.3) is 0 Å². The number of anilines is 2. The van der Waals surface area contributed by atoms with E-state index < -0.39 is 0 Å². The van der Waals surface area contributed by atoms with Crippen molar-refractivity contribution in [1.29, 1.82) is 0 Å². The van der Waals surface area contributed by atoms with Crippen LogP contribution >= 0.6 is 0 Å². The number of amides is 1. The van der Waals surface area contributed by atoms with Crippen LogP contribution in [0.3, 0.4) is 0 Å². The van der Waals surface area contributed by atoms with Crippen LogP contribution in [0.15, 0.2) is 18.2 Å². The van der Waals surface area contributed by atoms with Gasteiger partial charge in [0.05, 0.1) is 6.10 Å². The first kappa shape index (κ1) is 14.9. The van der Waals surface area contributed by atoms with Crippen molar-refractivity contribution in [2.75, 3.05) is 29.9 Å². The van der Waals surface area contributed by atoms with Crippen molar-refractivity contribution in [3.8, 4) is 0 Å². The fraction of sp³-hybridized carbons (Fsp3) is 0.562. The van der Waals surface area contributed by atoms with E-state index in [-0.39, 0.29) is 18.6 Å². The van der Waals surface area contributed by atoms with Crippen molar-refractivity contribution in [2.24, 2.45) is 0 Å². The summed E-state index contributed by atoms with van der Waals surface area (Å²) in [7, 11) is 0. The number of carbonyl (C=O) groups is 1. The summed E-state index contributed by atoms with van der Waals surface area (Å²) < 4.78 is 5.30. The van der Waals surface area contributed by atoms with Crippen molar-refractivity contribution in [2.45, 2.75) is 39.7 Å². The Bertz CT molecular complexity index is 466. The highest BCUT2D eigenvalue weighted by molar-refractivity contribution is 5.92. The highest BCUT2D eigenvalue weighted by Crippen LogP contribution is 2.25. The van der Waals surface area contributed by atoms with E-state index in [1.54, 1.807) is 0 Å². The van der Waals surface area contributed by atoms with Gasteiger partial charge in [-0.1, -0.05) is 0 Å². The summed E-state index contributed by atoms with van der Waals surface area (Å²) in [5, 5.41) is 2.90. The van der Waals surface area contributed by atoms with Crippen LogP contribution in [-0.4, -0.2) is 31.7 Å². The Kier molecular flexibility index (Phi) is 5.01. The van der Waals surface area contributed by atoms with Crippen LogP contribution in [0, 0.1) is 6.92 Å². The molecule has 0 radical (unpaired) electrons. The molecule has 2 rings (SSSR count). The summed E-state index contributed by atoms with van der Waals surface area (Å²) in [6.45, 7) is 8.23. The molecule has 1 saturated heterocycles. The first-order valence-corrected chi connectivity index (χ1v) is 7.33. The summed E-state index contributed by atoms with van der Waals surface area (Å²) >= 11 is 0. The third kappa shape index (κ3) is 3.97. The van der Waals surface area contributed by atoms with E-state index in [1.165, 1.54) is 18.5 Å². The molecule has 110 valence electrons. The molecule has 1 amide bonds. The molecular weight excluding hydrogens is 252 g/mol. The van der Waals surface area contributed by atoms with Gasteiger partial charge in [0.2, 0.25) is 5.91 Å². The van der Waals surface area contributed by atoms with Crippen LogP contribution in [0.1, 0.15) is 32.3 Å². The molecule has 0 saturated carbocycles. The molecule has 20 heavy (non-hydrogen) atoms. The third-order valence-corrected chi connectivity index (χ3v) is 3.50. The van der Waals surface area contributed by atoms with Crippen molar-refractivity contribution < 1.29 is 9.53 Å². The zero-order valence-corrected chi connectivity index (χ0v) is 12.6. The maximum atomic E-state index is 11.8. The van der Waals surface area contributed by atoms with Gasteiger partial charge < -0.3 is 15.0 Å². The molecule has 1 heterocycles. The van der Waals surface area contributed by atoms with E-state index in [0.717, 1.165) is 24.3 Å². The lowest BCUT2D eigenvalue weighted by atomic mass is 10.1. The fourth-order valence-electron chi connectivity index (χ4n) is 2.39. The Morgan fingerprint density at radius 1 is 1.35 bits per heavy atom. The minimum Gasteiger partial charge on any atom is -0.372 e. The number of hydrogen-bond acceptors (Lipinski definition) is 3. The van der Waals surface area contributed by atoms with Gasteiger partial charge in [-0.15, -0.1) is 0 Å². The molecule has 1 aromatic rings. The Morgan fingerprint density at radius 2 is 2.05 bits per heavy atom. The van der Waals surface area contributed by atoms with Crippen LogP contribution in [0.5, 0.6) is 0 Å². The van der Waals surface area contributed by atoms with Crippen LogP contribution < -0.4 is 10.2 Å². The molecular formula is C16H24N2O2. The number of rotatable bonds is 5. The maximum Gasteiger partial charge on any atom is 0.250 e. The predicted molar refractivity (Wildman–Crippen MR) is 82.3 cm³/mol. The molecule has 4 nitrogen and oxygen atoms in total. The lowest BCUT2D eigenvalue weighted by molar-refractivity contribution is -0.121. The Hall–Kier alpha value is -1.55. The molecule has 1 aliphatic heterocycles. The lowest BCUT2D eigenvalue weighted by Crippen LogP contribution is -2.21. The summed E-state index contributed by atoms with van der Waals surface area (Å²) in [6.07, 6.45) is 2.60. The van der Waals surface area contributed by atoms with E-state index in [1.807, 2.05) is 26.8 Å².